The summed E-state index contributed by atoms with van der Waals surface area (Å²) >= 11 is 1.67. The highest BCUT2D eigenvalue weighted by Gasteiger charge is 2.06. The average Bonchev–Trinajstić information content (AvgIpc) is 2.86. The summed E-state index contributed by atoms with van der Waals surface area (Å²) in [5.41, 5.74) is 3.50. The molecule has 0 spiro atoms. The van der Waals surface area contributed by atoms with Crippen molar-refractivity contribution < 1.29 is 5.11 Å². The van der Waals surface area contributed by atoms with E-state index in [1.54, 1.807) is 11.3 Å². The van der Waals surface area contributed by atoms with Gasteiger partial charge in [0.15, 0.2) is 0 Å². The summed E-state index contributed by atoms with van der Waals surface area (Å²) in [6, 6.07) is 8.75. The topological polar surface area (TPSA) is 45.2 Å². The molecule has 0 bridgehead atoms. The van der Waals surface area contributed by atoms with Crippen molar-refractivity contribution >= 4 is 11.3 Å². The number of aryl methyl sites for hydroxylation is 1. The lowest BCUT2D eigenvalue weighted by atomic mass is 10.2. The second kappa shape index (κ2) is 6.80. The number of aliphatic hydroxyl groups is 1. The maximum Gasteiger partial charge on any atom is 0.123 e. The van der Waals surface area contributed by atoms with Gasteiger partial charge in [-0.15, -0.1) is 11.3 Å². The van der Waals surface area contributed by atoms with E-state index in [-0.39, 0.29) is 6.61 Å². The minimum atomic E-state index is 0.222. The van der Waals surface area contributed by atoms with Gasteiger partial charge in [0.05, 0.1) is 5.69 Å². The van der Waals surface area contributed by atoms with Crippen LogP contribution in [0.15, 0.2) is 29.6 Å². The number of hydrogen-bond donors (Lipinski definition) is 2. The number of nitrogens with one attached hydrogen (secondary N) is 1. The van der Waals surface area contributed by atoms with E-state index in [2.05, 4.69) is 53.8 Å². The Bertz CT molecular complexity index is 507. The predicted octanol–water partition coefficient (Wildman–Crippen LogP) is 2.98. The molecule has 3 nitrogen and oxygen atoms in total. The van der Waals surface area contributed by atoms with Gasteiger partial charge in [0, 0.05) is 30.1 Å². The van der Waals surface area contributed by atoms with E-state index in [4.69, 9.17) is 5.11 Å². The van der Waals surface area contributed by atoms with E-state index in [1.165, 1.54) is 11.1 Å². The summed E-state index contributed by atoms with van der Waals surface area (Å²) in [6.07, 6.45) is 0.773. The van der Waals surface area contributed by atoms with Crippen LogP contribution in [0.2, 0.25) is 0 Å². The molecule has 102 valence electrons. The van der Waals surface area contributed by atoms with Crippen LogP contribution in [0, 0.1) is 6.92 Å². The molecule has 2 aromatic rings. The molecular formula is C15H20N2OS. The SMILES string of the molecule is Cc1ccc(-c2nc(CNC(C)CCO)cs2)cc1. The Labute approximate surface area is 118 Å². The third-order valence-electron chi connectivity index (χ3n) is 3.04. The summed E-state index contributed by atoms with van der Waals surface area (Å²) in [7, 11) is 0. The highest BCUT2D eigenvalue weighted by Crippen LogP contribution is 2.23. The number of nitrogens with zero attached hydrogens (tertiary/aromatic N) is 1. The Morgan fingerprint density at radius 2 is 2.05 bits per heavy atom. The Balaban J connectivity index is 1.97. The van der Waals surface area contributed by atoms with Gasteiger partial charge in [0.2, 0.25) is 0 Å². The van der Waals surface area contributed by atoms with Crippen LogP contribution >= 0.6 is 11.3 Å². The van der Waals surface area contributed by atoms with Gasteiger partial charge >= 0.3 is 0 Å². The van der Waals surface area contributed by atoms with E-state index in [0.29, 0.717) is 6.04 Å². The molecule has 1 aromatic carbocycles. The zero-order valence-corrected chi connectivity index (χ0v) is 12.2. The Morgan fingerprint density at radius 1 is 1.32 bits per heavy atom. The van der Waals surface area contributed by atoms with Crippen LogP contribution in [-0.4, -0.2) is 22.7 Å². The van der Waals surface area contributed by atoms with E-state index in [0.717, 1.165) is 23.7 Å². The molecule has 0 amide bonds. The van der Waals surface area contributed by atoms with Crippen molar-refractivity contribution in [2.24, 2.45) is 0 Å². The number of aromatic nitrogens is 1. The molecular weight excluding hydrogens is 256 g/mol. The monoisotopic (exact) mass is 276 g/mol. The second-order valence-corrected chi connectivity index (χ2v) is 5.66. The molecule has 0 aliphatic rings. The molecule has 1 unspecified atom stereocenters. The number of thiazole rings is 1. The van der Waals surface area contributed by atoms with Crippen LogP contribution in [0.1, 0.15) is 24.6 Å². The molecule has 2 rings (SSSR count). The van der Waals surface area contributed by atoms with Crippen molar-refractivity contribution in [3.05, 3.63) is 40.9 Å². The second-order valence-electron chi connectivity index (χ2n) is 4.80. The van der Waals surface area contributed by atoms with Gasteiger partial charge < -0.3 is 10.4 Å². The van der Waals surface area contributed by atoms with Crippen molar-refractivity contribution in [1.29, 1.82) is 0 Å². The maximum absolute atomic E-state index is 8.86. The fourth-order valence-electron chi connectivity index (χ4n) is 1.79. The molecule has 2 N–H and O–H groups in total. The van der Waals surface area contributed by atoms with E-state index in [9.17, 15) is 0 Å². The van der Waals surface area contributed by atoms with Crippen molar-refractivity contribution in [2.75, 3.05) is 6.61 Å². The van der Waals surface area contributed by atoms with E-state index < -0.39 is 0 Å². The van der Waals surface area contributed by atoms with E-state index in [1.807, 2.05) is 0 Å². The first-order chi connectivity index (χ1) is 9.19. The predicted molar refractivity (Wildman–Crippen MR) is 80.3 cm³/mol. The van der Waals surface area contributed by atoms with Crippen LogP contribution in [-0.2, 0) is 6.54 Å². The lowest BCUT2D eigenvalue weighted by Gasteiger charge is -2.10. The van der Waals surface area contributed by atoms with Crippen LogP contribution in [0.4, 0.5) is 0 Å². The first-order valence-electron chi connectivity index (χ1n) is 6.54. The Kier molecular flexibility index (Phi) is 5.07. The smallest absolute Gasteiger partial charge is 0.123 e. The number of hydrogen-bond acceptors (Lipinski definition) is 4. The molecule has 0 aliphatic carbocycles. The van der Waals surface area contributed by atoms with E-state index >= 15 is 0 Å². The maximum atomic E-state index is 8.86. The van der Waals surface area contributed by atoms with Gasteiger partial charge in [-0.3, -0.25) is 0 Å². The first kappa shape index (κ1) is 14.2. The fraction of sp³-hybridized carbons (Fsp3) is 0.400. The zero-order chi connectivity index (χ0) is 13.7. The molecule has 0 saturated heterocycles. The van der Waals surface area contributed by atoms with Crippen molar-refractivity contribution in [1.82, 2.24) is 10.3 Å². The number of aliphatic hydroxyl groups excluding tert-OH is 1. The minimum absolute atomic E-state index is 0.222. The number of benzene rings is 1. The fourth-order valence-corrected chi connectivity index (χ4v) is 2.62. The molecule has 1 heterocycles. The van der Waals surface area contributed by atoms with Crippen LogP contribution in [0.5, 0.6) is 0 Å². The molecule has 19 heavy (non-hydrogen) atoms. The van der Waals surface area contributed by atoms with Gasteiger partial charge in [-0.1, -0.05) is 29.8 Å². The van der Waals surface area contributed by atoms with Crippen LogP contribution in [0.3, 0.4) is 0 Å². The van der Waals surface area contributed by atoms with Crippen molar-refractivity contribution in [2.45, 2.75) is 32.9 Å². The first-order valence-corrected chi connectivity index (χ1v) is 7.42. The largest absolute Gasteiger partial charge is 0.396 e. The van der Waals surface area contributed by atoms with Gasteiger partial charge in [-0.2, -0.15) is 0 Å². The molecule has 4 heteroatoms. The highest BCUT2D eigenvalue weighted by atomic mass is 32.1. The Morgan fingerprint density at radius 3 is 2.74 bits per heavy atom. The highest BCUT2D eigenvalue weighted by molar-refractivity contribution is 7.13. The normalized spacial score (nSPS) is 12.6. The summed E-state index contributed by atoms with van der Waals surface area (Å²) in [5.74, 6) is 0. The zero-order valence-electron chi connectivity index (χ0n) is 11.4. The quantitative estimate of drug-likeness (QED) is 0.852. The van der Waals surface area contributed by atoms with Gasteiger partial charge in [-0.25, -0.2) is 4.98 Å². The van der Waals surface area contributed by atoms with Gasteiger partial charge in [-0.05, 0) is 20.3 Å². The third-order valence-corrected chi connectivity index (χ3v) is 3.98. The van der Waals surface area contributed by atoms with Crippen molar-refractivity contribution in [3.63, 3.8) is 0 Å². The van der Waals surface area contributed by atoms with Crippen LogP contribution < -0.4 is 5.32 Å². The lowest BCUT2D eigenvalue weighted by Crippen LogP contribution is -2.26. The number of rotatable bonds is 6. The van der Waals surface area contributed by atoms with Gasteiger partial charge in [0.25, 0.3) is 0 Å². The minimum Gasteiger partial charge on any atom is -0.396 e. The molecule has 1 aromatic heterocycles. The average molecular weight is 276 g/mol. The molecule has 0 radical (unpaired) electrons. The summed E-state index contributed by atoms with van der Waals surface area (Å²) in [4.78, 5) is 4.64. The Hall–Kier alpha value is -1.23. The summed E-state index contributed by atoms with van der Waals surface area (Å²) in [6.45, 7) is 5.14. The molecule has 1 atom stereocenters. The molecule has 0 saturated carbocycles. The van der Waals surface area contributed by atoms with Gasteiger partial charge in [0.1, 0.15) is 5.01 Å². The van der Waals surface area contributed by atoms with Crippen molar-refractivity contribution in [3.8, 4) is 10.6 Å². The van der Waals surface area contributed by atoms with Crippen LogP contribution in [0.25, 0.3) is 10.6 Å². The lowest BCUT2D eigenvalue weighted by molar-refractivity contribution is 0.268. The summed E-state index contributed by atoms with van der Waals surface area (Å²) < 4.78 is 0. The standard InChI is InChI=1S/C15H20N2OS/c1-11-3-5-13(6-4-11)15-17-14(10-19-15)9-16-12(2)7-8-18/h3-6,10,12,16,18H,7-9H2,1-2H3. The molecule has 0 fully saturated rings. The third kappa shape index (κ3) is 4.13. The molecule has 0 aliphatic heterocycles. The summed E-state index contributed by atoms with van der Waals surface area (Å²) in [5, 5.41) is 15.4.